The number of imidazole rings is 1. The molecule has 0 aliphatic carbocycles. The van der Waals surface area contributed by atoms with E-state index in [0.717, 1.165) is 43.8 Å². The highest BCUT2D eigenvalue weighted by Crippen LogP contribution is 2.37. The molecular weight excluding hydrogens is 709 g/mol. The van der Waals surface area contributed by atoms with Crippen molar-refractivity contribution in [3.05, 3.63) is 108 Å². The summed E-state index contributed by atoms with van der Waals surface area (Å²) in [4.78, 5) is 32.2. The molecule has 3 aromatic carbocycles. The molecule has 8 rings (SSSR count). The molecule has 3 N–H and O–H groups in total. The number of nitrogens with one attached hydrogen (secondary N) is 2. The average Bonchev–Trinajstić information content (AvgIpc) is 3.58. The summed E-state index contributed by atoms with van der Waals surface area (Å²) in [6.07, 6.45) is 9.27. The number of likely N-dealkylation sites (tertiary alicyclic amines) is 1. The zero-order valence-corrected chi connectivity index (χ0v) is 30.1. The molecule has 11 nitrogen and oxygen atoms in total. The first kappa shape index (κ1) is 35.9. The van der Waals surface area contributed by atoms with E-state index in [1.165, 1.54) is 74.9 Å². The number of rotatable bonds is 9. The molecule has 0 atom stereocenters. The second-order valence-corrected chi connectivity index (χ2v) is 13.8. The van der Waals surface area contributed by atoms with Crippen LogP contribution in [0.25, 0.3) is 28.3 Å². The van der Waals surface area contributed by atoms with E-state index < -0.39 is 34.8 Å². The van der Waals surface area contributed by atoms with E-state index in [2.05, 4.69) is 36.5 Å². The number of methoxy groups -OCH3 is 1. The fourth-order valence-corrected chi connectivity index (χ4v) is 7.55. The number of aromatic nitrogens is 4. The summed E-state index contributed by atoms with van der Waals surface area (Å²) < 4.78 is 50.6. The summed E-state index contributed by atoms with van der Waals surface area (Å²) in [6, 6.07) is 18.2. The maximum absolute atomic E-state index is 14.4. The third-order valence-electron chi connectivity index (χ3n) is 10.4. The number of halogens is 3. The first-order valence-electron chi connectivity index (χ1n) is 18.3. The SMILES string of the molecule is COc1cc(N2CCC(N3CCCCC3)CC2)ccc1Nc1nccc(-c2c(-c3ccc(O)c(C(=O)Nc4c(F)cccc4F)c3)nc3cc(F)ccn23)n1. The summed E-state index contributed by atoms with van der Waals surface area (Å²) >= 11 is 0. The molecule has 55 heavy (non-hydrogen) atoms. The molecule has 14 heteroatoms. The van der Waals surface area contributed by atoms with Crippen LogP contribution in [0.3, 0.4) is 0 Å². The smallest absolute Gasteiger partial charge is 0.259 e. The third kappa shape index (κ3) is 7.37. The van der Waals surface area contributed by atoms with Crippen LogP contribution in [0.15, 0.2) is 85.2 Å². The van der Waals surface area contributed by atoms with E-state index in [9.17, 15) is 23.1 Å². The molecule has 2 aliphatic rings. The highest BCUT2D eigenvalue weighted by atomic mass is 19.1. The van der Waals surface area contributed by atoms with Gasteiger partial charge in [-0.25, -0.2) is 28.1 Å². The summed E-state index contributed by atoms with van der Waals surface area (Å²) in [5, 5.41) is 16.1. The van der Waals surface area contributed by atoms with Crippen LogP contribution in [0, 0.1) is 17.5 Å². The highest BCUT2D eigenvalue weighted by molar-refractivity contribution is 6.07. The number of hydrogen-bond acceptors (Lipinski definition) is 9. The Morgan fingerprint density at radius 3 is 2.44 bits per heavy atom. The van der Waals surface area contributed by atoms with E-state index in [1.807, 2.05) is 12.1 Å². The van der Waals surface area contributed by atoms with Gasteiger partial charge >= 0.3 is 0 Å². The second-order valence-electron chi connectivity index (χ2n) is 13.8. The van der Waals surface area contributed by atoms with Crippen LogP contribution in [-0.4, -0.2) is 74.6 Å². The Bertz CT molecular complexity index is 2350. The number of nitrogens with zero attached hydrogens (tertiary/aromatic N) is 6. The van der Waals surface area contributed by atoms with Crippen molar-refractivity contribution in [3.8, 4) is 34.1 Å². The van der Waals surface area contributed by atoms with Crippen molar-refractivity contribution in [2.75, 3.05) is 48.8 Å². The number of carbonyl (C=O) groups excluding carboxylic acids is 1. The third-order valence-corrected chi connectivity index (χ3v) is 10.4. The summed E-state index contributed by atoms with van der Waals surface area (Å²) in [7, 11) is 1.62. The first-order valence-corrected chi connectivity index (χ1v) is 18.3. The van der Waals surface area contributed by atoms with Gasteiger partial charge in [-0.2, -0.15) is 0 Å². The molecule has 5 heterocycles. The number of benzene rings is 3. The van der Waals surface area contributed by atoms with Crippen LogP contribution in [0.4, 0.5) is 36.2 Å². The zero-order valence-electron chi connectivity index (χ0n) is 30.1. The summed E-state index contributed by atoms with van der Waals surface area (Å²) in [5.74, 6) is -2.95. The molecule has 0 saturated carbocycles. The fraction of sp³-hybridized carbons (Fsp3) is 0.268. The molecule has 6 aromatic rings. The predicted molar refractivity (Wildman–Crippen MR) is 205 cm³/mol. The van der Waals surface area contributed by atoms with Crippen molar-refractivity contribution >= 4 is 34.6 Å². The monoisotopic (exact) mass is 748 g/mol. The van der Waals surface area contributed by atoms with Gasteiger partial charge in [0.1, 0.15) is 40.3 Å². The summed E-state index contributed by atoms with van der Waals surface area (Å²) in [6.45, 7) is 4.37. The lowest BCUT2D eigenvalue weighted by Gasteiger charge is -2.41. The minimum absolute atomic E-state index is 0.253. The molecule has 2 fully saturated rings. The van der Waals surface area contributed by atoms with Crippen molar-refractivity contribution in [1.82, 2.24) is 24.3 Å². The minimum Gasteiger partial charge on any atom is -0.507 e. The topological polar surface area (TPSA) is 120 Å². The number of hydrogen-bond donors (Lipinski definition) is 3. The Balaban J connectivity index is 1.08. The molecule has 282 valence electrons. The number of anilines is 4. The molecule has 2 aliphatic heterocycles. The molecule has 0 spiro atoms. The Morgan fingerprint density at radius 1 is 0.891 bits per heavy atom. The molecular formula is C41H39F3N8O3. The standard InChI is InChI=1S/C41H39F3N8O3/c1-55-35-24-28(51-19-14-27(15-20-51)50-17-3-2-4-18-50)9-10-32(35)46-41-45-16-12-33(47-41)39-37(48-36-23-26(42)13-21-52(36)39)25-8-11-34(53)29(22-25)40(54)49-38-30(43)6-5-7-31(38)44/h5-13,16,21-24,27,53H,2-4,14-15,17-20H2,1H3,(H,49,54)(H,45,46,47). The Kier molecular flexibility index (Phi) is 9.98. The lowest BCUT2D eigenvalue weighted by atomic mass is 9.99. The number of piperidine rings is 2. The van der Waals surface area contributed by atoms with Gasteiger partial charge in [0.15, 0.2) is 0 Å². The molecule has 0 unspecified atom stereocenters. The van der Waals surface area contributed by atoms with Gasteiger partial charge in [-0.3, -0.25) is 9.20 Å². The van der Waals surface area contributed by atoms with E-state index in [-0.39, 0.29) is 17.2 Å². The highest BCUT2D eigenvalue weighted by Gasteiger charge is 2.27. The lowest BCUT2D eigenvalue weighted by Crippen LogP contribution is -2.46. The number of fused-ring (bicyclic) bond motifs is 1. The zero-order chi connectivity index (χ0) is 38.1. The van der Waals surface area contributed by atoms with Gasteiger partial charge < -0.3 is 30.3 Å². The van der Waals surface area contributed by atoms with Gasteiger partial charge in [-0.05, 0) is 93.4 Å². The van der Waals surface area contributed by atoms with Crippen molar-refractivity contribution in [3.63, 3.8) is 0 Å². The van der Waals surface area contributed by atoms with Gasteiger partial charge in [-0.15, -0.1) is 0 Å². The number of phenols is 1. The van der Waals surface area contributed by atoms with Crippen LogP contribution in [-0.2, 0) is 0 Å². The quantitative estimate of drug-likeness (QED) is 0.135. The second kappa shape index (κ2) is 15.3. The van der Waals surface area contributed by atoms with E-state index in [1.54, 1.807) is 23.8 Å². The average molecular weight is 749 g/mol. The van der Waals surface area contributed by atoms with Gasteiger partial charge in [0.25, 0.3) is 5.91 Å². The Morgan fingerprint density at radius 2 is 1.67 bits per heavy atom. The van der Waals surface area contributed by atoms with Crippen LogP contribution < -0.4 is 20.3 Å². The molecule has 2 saturated heterocycles. The van der Waals surface area contributed by atoms with Crippen LogP contribution in [0.2, 0.25) is 0 Å². The first-order chi connectivity index (χ1) is 26.7. The fourth-order valence-electron chi connectivity index (χ4n) is 7.55. The number of amides is 1. The lowest BCUT2D eigenvalue weighted by molar-refractivity contribution is 0.102. The summed E-state index contributed by atoms with van der Waals surface area (Å²) in [5.41, 5.74) is 2.57. The van der Waals surface area contributed by atoms with Gasteiger partial charge in [0.2, 0.25) is 5.95 Å². The van der Waals surface area contributed by atoms with Crippen LogP contribution in [0.5, 0.6) is 11.5 Å². The molecule has 3 aromatic heterocycles. The van der Waals surface area contributed by atoms with Gasteiger partial charge in [0.05, 0.1) is 35.4 Å². The Labute approximate surface area is 315 Å². The largest absolute Gasteiger partial charge is 0.507 e. The molecule has 1 amide bonds. The van der Waals surface area contributed by atoms with E-state index in [0.29, 0.717) is 40.1 Å². The van der Waals surface area contributed by atoms with Crippen molar-refractivity contribution in [1.29, 1.82) is 0 Å². The maximum Gasteiger partial charge on any atom is 0.259 e. The normalized spacial score (nSPS) is 15.3. The number of phenolic OH excluding ortho intramolecular Hbond substituents is 1. The number of para-hydroxylation sites is 1. The van der Waals surface area contributed by atoms with Gasteiger partial charge in [-0.1, -0.05) is 12.5 Å². The van der Waals surface area contributed by atoms with Crippen LogP contribution >= 0.6 is 0 Å². The minimum atomic E-state index is -0.973. The number of pyridine rings is 1. The van der Waals surface area contributed by atoms with Crippen molar-refractivity contribution < 1.29 is 27.8 Å². The van der Waals surface area contributed by atoms with Crippen molar-refractivity contribution in [2.24, 2.45) is 0 Å². The maximum atomic E-state index is 14.4. The van der Waals surface area contributed by atoms with E-state index >= 15 is 0 Å². The number of carbonyl (C=O) groups is 1. The van der Waals surface area contributed by atoms with E-state index in [4.69, 9.17) is 9.72 Å². The predicted octanol–water partition coefficient (Wildman–Crippen LogP) is 8.04. The Hall–Kier alpha value is -6.15. The molecule has 0 bridgehead atoms. The van der Waals surface area contributed by atoms with Crippen LogP contribution in [0.1, 0.15) is 42.5 Å². The van der Waals surface area contributed by atoms with Crippen molar-refractivity contribution in [2.45, 2.75) is 38.1 Å². The van der Waals surface area contributed by atoms with Gasteiger partial charge in [0, 0.05) is 54.9 Å². The number of aromatic hydroxyl groups is 1. The molecule has 0 radical (unpaired) electrons. The number of ether oxygens (including phenoxy) is 1.